The number of ether oxygens (including phenoxy) is 1. The van der Waals surface area contributed by atoms with Gasteiger partial charge in [-0.25, -0.2) is 4.98 Å². The summed E-state index contributed by atoms with van der Waals surface area (Å²) in [6.07, 6.45) is 0.268. The lowest BCUT2D eigenvalue weighted by Gasteiger charge is -2.15. The van der Waals surface area contributed by atoms with Crippen molar-refractivity contribution in [3.05, 3.63) is 76.8 Å². The van der Waals surface area contributed by atoms with Crippen molar-refractivity contribution >= 4 is 28.3 Å². The number of thiazole rings is 1. The van der Waals surface area contributed by atoms with Crippen LogP contribution in [0.2, 0.25) is 0 Å². The van der Waals surface area contributed by atoms with Crippen LogP contribution in [0.15, 0.2) is 60.0 Å². The Kier molecular flexibility index (Phi) is 7.19. The minimum absolute atomic E-state index is 0.119. The first-order chi connectivity index (χ1) is 14.4. The second-order valence-corrected chi connectivity index (χ2v) is 8.02. The summed E-state index contributed by atoms with van der Waals surface area (Å²) in [6.45, 7) is 5.89. The Labute approximate surface area is 180 Å². The molecule has 3 rings (SSSR count). The van der Waals surface area contributed by atoms with E-state index in [1.165, 1.54) is 11.3 Å². The smallest absolute Gasteiger partial charge is 0.257 e. The average molecular weight is 424 g/mol. The van der Waals surface area contributed by atoms with E-state index in [9.17, 15) is 9.59 Å². The second kappa shape index (κ2) is 10.0. The van der Waals surface area contributed by atoms with Crippen LogP contribution in [0.4, 0.5) is 5.13 Å². The molecule has 2 N–H and O–H groups in total. The molecule has 0 saturated carbocycles. The number of aromatic nitrogens is 1. The van der Waals surface area contributed by atoms with Crippen LogP contribution in [0.5, 0.6) is 5.75 Å². The van der Waals surface area contributed by atoms with E-state index in [2.05, 4.69) is 15.6 Å². The predicted molar refractivity (Wildman–Crippen MR) is 119 cm³/mol. The number of hydrogen-bond acceptors (Lipinski definition) is 5. The summed E-state index contributed by atoms with van der Waals surface area (Å²) in [6, 6.07) is 16.5. The molecule has 1 heterocycles. The first-order valence-corrected chi connectivity index (χ1v) is 10.7. The topological polar surface area (TPSA) is 80.3 Å². The summed E-state index contributed by atoms with van der Waals surface area (Å²) in [7, 11) is 0. The van der Waals surface area contributed by atoms with Crippen LogP contribution in [-0.2, 0) is 11.2 Å². The average Bonchev–Trinajstić information content (AvgIpc) is 3.15. The Morgan fingerprint density at radius 3 is 2.40 bits per heavy atom. The molecule has 3 aromatic rings. The van der Waals surface area contributed by atoms with Crippen molar-refractivity contribution in [3.63, 3.8) is 0 Å². The van der Waals surface area contributed by atoms with Crippen molar-refractivity contribution in [1.82, 2.24) is 10.3 Å². The maximum atomic E-state index is 12.4. The fraction of sp³-hybridized carbons (Fsp3) is 0.261. The minimum atomic E-state index is -0.223. The Balaban J connectivity index is 1.52. The third kappa shape index (κ3) is 6.15. The normalized spacial score (nSPS) is 11.7. The molecule has 1 aromatic heterocycles. The van der Waals surface area contributed by atoms with E-state index in [-0.39, 0.29) is 30.4 Å². The van der Waals surface area contributed by atoms with Gasteiger partial charge in [0.2, 0.25) is 5.91 Å². The van der Waals surface area contributed by atoms with E-state index < -0.39 is 0 Å². The van der Waals surface area contributed by atoms with E-state index in [1.54, 1.807) is 29.6 Å². The van der Waals surface area contributed by atoms with Crippen LogP contribution >= 0.6 is 11.3 Å². The predicted octanol–water partition coefficient (Wildman–Crippen LogP) is 4.60. The van der Waals surface area contributed by atoms with Crippen LogP contribution in [0.25, 0.3) is 0 Å². The van der Waals surface area contributed by atoms with Gasteiger partial charge in [0.05, 0.1) is 24.3 Å². The van der Waals surface area contributed by atoms with E-state index in [1.807, 2.05) is 51.1 Å². The fourth-order valence-electron chi connectivity index (χ4n) is 2.85. The zero-order valence-electron chi connectivity index (χ0n) is 17.2. The first-order valence-electron chi connectivity index (χ1n) is 9.77. The molecule has 1 unspecified atom stereocenters. The van der Waals surface area contributed by atoms with Crippen molar-refractivity contribution in [3.8, 4) is 5.75 Å². The molecule has 0 aliphatic carbocycles. The molecule has 2 amide bonds. The van der Waals surface area contributed by atoms with Gasteiger partial charge in [0.25, 0.3) is 5.91 Å². The van der Waals surface area contributed by atoms with Gasteiger partial charge in [0.15, 0.2) is 5.13 Å². The number of carbonyl (C=O) groups excluding carboxylic acids is 2. The van der Waals surface area contributed by atoms with E-state index >= 15 is 0 Å². The Bertz CT molecular complexity index is 984. The van der Waals surface area contributed by atoms with Gasteiger partial charge >= 0.3 is 0 Å². The molecule has 30 heavy (non-hydrogen) atoms. The number of hydrogen-bond donors (Lipinski definition) is 2. The monoisotopic (exact) mass is 423 g/mol. The molecule has 0 bridgehead atoms. The molecule has 6 nitrogen and oxygen atoms in total. The molecular weight excluding hydrogens is 398 g/mol. The molecule has 0 saturated heterocycles. The second-order valence-electron chi connectivity index (χ2n) is 7.17. The lowest BCUT2D eigenvalue weighted by atomic mass is 10.1. The summed E-state index contributed by atoms with van der Waals surface area (Å²) >= 11 is 1.30. The zero-order chi connectivity index (χ0) is 21.5. The van der Waals surface area contributed by atoms with Gasteiger partial charge in [0.1, 0.15) is 5.75 Å². The number of carbonyl (C=O) groups is 2. The molecule has 0 spiro atoms. The highest BCUT2D eigenvalue weighted by Gasteiger charge is 2.14. The van der Waals surface area contributed by atoms with Gasteiger partial charge in [-0.2, -0.15) is 0 Å². The molecule has 0 fully saturated rings. The number of rotatable bonds is 8. The third-order valence-corrected chi connectivity index (χ3v) is 5.09. The van der Waals surface area contributed by atoms with Crippen molar-refractivity contribution in [1.29, 1.82) is 0 Å². The van der Waals surface area contributed by atoms with Crippen molar-refractivity contribution in [2.75, 3.05) is 5.32 Å². The summed E-state index contributed by atoms with van der Waals surface area (Å²) in [4.78, 5) is 28.9. The molecule has 0 radical (unpaired) electrons. The Morgan fingerprint density at radius 1 is 1.03 bits per heavy atom. The summed E-state index contributed by atoms with van der Waals surface area (Å²) in [5, 5.41) is 7.99. The molecule has 156 valence electrons. The molecule has 0 aliphatic heterocycles. The van der Waals surface area contributed by atoms with E-state index in [0.717, 1.165) is 11.3 Å². The van der Waals surface area contributed by atoms with Crippen LogP contribution in [-0.4, -0.2) is 22.9 Å². The summed E-state index contributed by atoms with van der Waals surface area (Å²) in [5.74, 6) is 0.454. The molecular formula is C23H25N3O3S. The van der Waals surface area contributed by atoms with Gasteiger partial charge in [-0.1, -0.05) is 30.3 Å². The number of amides is 2. The quantitative estimate of drug-likeness (QED) is 0.555. The molecule has 0 aliphatic rings. The maximum absolute atomic E-state index is 12.4. The summed E-state index contributed by atoms with van der Waals surface area (Å²) in [5.41, 5.74) is 2.17. The lowest BCUT2D eigenvalue weighted by Crippen LogP contribution is -2.28. The van der Waals surface area contributed by atoms with Crippen molar-refractivity contribution < 1.29 is 14.3 Å². The fourth-order valence-corrected chi connectivity index (χ4v) is 3.56. The molecule has 2 aromatic carbocycles. The van der Waals surface area contributed by atoms with Crippen LogP contribution < -0.4 is 15.4 Å². The highest BCUT2D eigenvalue weighted by atomic mass is 32.1. The highest BCUT2D eigenvalue weighted by Crippen LogP contribution is 2.20. The van der Waals surface area contributed by atoms with Gasteiger partial charge < -0.3 is 10.1 Å². The van der Waals surface area contributed by atoms with Gasteiger partial charge in [-0.05, 0) is 50.6 Å². The number of nitrogens with one attached hydrogen (secondary N) is 2. The first kappa shape index (κ1) is 21.5. The van der Waals surface area contributed by atoms with E-state index in [4.69, 9.17) is 4.74 Å². The number of nitrogens with zero attached hydrogens (tertiary/aromatic N) is 1. The van der Waals surface area contributed by atoms with Gasteiger partial charge in [-0.3, -0.25) is 14.9 Å². The van der Waals surface area contributed by atoms with Gasteiger partial charge in [-0.15, -0.1) is 11.3 Å². The van der Waals surface area contributed by atoms with Crippen molar-refractivity contribution in [2.45, 2.75) is 39.3 Å². The van der Waals surface area contributed by atoms with Crippen molar-refractivity contribution in [2.24, 2.45) is 0 Å². The highest BCUT2D eigenvalue weighted by molar-refractivity contribution is 7.14. The van der Waals surface area contributed by atoms with Crippen LogP contribution in [0, 0.1) is 0 Å². The zero-order valence-corrected chi connectivity index (χ0v) is 18.0. The third-order valence-electron chi connectivity index (χ3n) is 4.28. The Hall–Kier alpha value is -3.19. The lowest BCUT2D eigenvalue weighted by molar-refractivity contribution is -0.121. The molecule has 7 heteroatoms. The standard InChI is InChI=1S/C23H25N3O3S/c1-15(2)29-20-11-9-17(10-12-20)16(3)24-21(27)13-19-14-30-23(25-19)26-22(28)18-7-5-4-6-8-18/h4-12,14-16H,13H2,1-3H3,(H,24,27)(H,25,26,28). The number of benzene rings is 2. The number of anilines is 1. The van der Waals surface area contributed by atoms with Crippen LogP contribution in [0.3, 0.4) is 0 Å². The SMILES string of the molecule is CC(C)Oc1ccc(C(C)NC(=O)Cc2csc(NC(=O)c3ccccc3)n2)cc1. The molecule has 1 atom stereocenters. The summed E-state index contributed by atoms with van der Waals surface area (Å²) < 4.78 is 5.64. The Morgan fingerprint density at radius 2 is 1.73 bits per heavy atom. The minimum Gasteiger partial charge on any atom is -0.491 e. The van der Waals surface area contributed by atoms with Crippen LogP contribution in [0.1, 0.15) is 48.4 Å². The van der Waals surface area contributed by atoms with E-state index in [0.29, 0.717) is 16.4 Å². The van der Waals surface area contributed by atoms with Gasteiger partial charge in [0, 0.05) is 10.9 Å². The largest absolute Gasteiger partial charge is 0.491 e. The maximum Gasteiger partial charge on any atom is 0.257 e.